The summed E-state index contributed by atoms with van der Waals surface area (Å²) < 4.78 is 26.1. The Labute approximate surface area is 122 Å². The Balaban J connectivity index is 1.83. The van der Waals surface area contributed by atoms with E-state index in [9.17, 15) is 8.42 Å². The molecule has 112 valence electrons. The zero-order valence-corrected chi connectivity index (χ0v) is 13.1. The van der Waals surface area contributed by atoms with E-state index in [-0.39, 0.29) is 5.75 Å². The summed E-state index contributed by atoms with van der Waals surface area (Å²) >= 11 is 5.60. The molecule has 19 heavy (non-hydrogen) atoms. The third-order valence-electron chi connectivity index (χ3n) is 4.21. The van der Waals surface area contributed by atoms with E-state index in [2.05, 4.69) is 4.90 Å². The molecule has 2 aliphatic rings. The summed E-state index contributed by atoms with van der Waals surface area (Å²) in [5.74, 6) is 0.804. The molecule has 0 aromatic rings. The van der Waals surface area contributed by atoms with Crippen molar-refractivity contribution in [3.05, 3.63) is 0 Å². The van der Waals surface area contributed by atoms with Crippen LogP contribution in [0.5, 0.6) is 0 Å². The van der Waals surface area contributed by atoms with Crippen molar-refractivity contribution in [3.8, 4) is 0 Å². The third-order valence-corrected chi connectivity index (χ3v) is 6.40. The standard InChI is InChI=1S/C13H25ClN2O2S/c14-7-2-5-11-19(17,18)16-10-6-13(12-16)15-8-3-1-4-9-15/h13H,1-12H2. The molecule has 0 bridgehead atoms. The summed E-state index contributed by atoms with van der Waals surface area (Å²) in [6.07, 6.45) is 6.30. The Bertz CT molecular complexity index is 369. The molecule has 0 spiro atoms. The first-order valence-electron chi connectivity index (χ1n) is 7.41. The molecule has 0 aromatic carbocycles. The van der Waals surface area contributed by atoms with Gasteiger partial charge < -0.3 is 0 Å². The van der Waals surface area contributed by atoms with Gasteiger partial charge in [0.2, 0.25) is 10.0 Å². The lowest BCUT2D eigenvalue weighted by molar-refractivity contribution is 0.169. The maximum Gasteiger partial charge on any atom is 0.214 e. The molecule has 4 nitrogen and oxygen atoms in total. The van der Waals surface area contributed by atoms with E-state index in [1.165, 1.54) is 19.3 Å². The minimum Gasteiger partial charge on any atom is -0.299 e. The van der Waals surface area contributed by atoms with Crippen molar-refractivity contribution in [1.82, 2.24) is 9.21 Å². The number of unbranched alkanes of at least 4 members (excludes halogenated alkanes) is 1. The molecule has 1 atom stereocenters. The summed E-state index contributed by atoms with van der Waals surface area (Å²) in [7, 11) is -3.06. The molecule has 0 aromatic heterocycles. The fraction of sp³-hybridized carbons (Fsp3) is 1.00. The van der Waals surface area contributed by atoms with E-state index in [1.807, 2.05) is 0 Å². The van der Waals surface area contributed by atoms with Gasteiger partial charge in [-0.25, -0.2) is 12.7 Å². The fourth-order valence-corrected chi connectivity index (χ4v) is 4.85. The number of piperidine rings is 1. The largest absolute Gasteiger partial charge is 0.299 e. The van der Waals surface area contributed by atoms with Crippen molar-refractivity contribution >= 4 is 21.6 Å². The molecular formula is C13H25ClN2O2S. The van der Waals surface area contributed by atoms with Gasteiger partial charge in [0.25, 0.3) is 0 Å². The number of hydrogen-bond acceptors (Lipinski definition) is 3. The summed E-state index contributed by atoms with van der Waals surface area (Å²) in [5, 5.41) is 0. The highest BCUT2D eigenvalue weighted by Gasteiger charge is 2.34. The van der Waals surface area contributed by atoms with Gasteiger partial charge >= 0.3 is 0 Å². The highest BCUT2D eigenvalue weighted by molar-refractivity contribution is 7.89. The molecule has 2 fully saturated rings. The number of hydrogen-bond donors (Lipinski definition) is 0. The van der Waals surface area contributed by atoms with Crippen LogP contribution in [-0.4, -0.2) is 61.5 Å². The van der Waals surface area contributed by atoms with Crippen LogP contribution in [0.3, 0.4) is 0 Å². The van der Waals surface area contributed by atoms with Crippen LogP contribution in [0.2, 0.25) is 0 Å². The zero-order valence-electron chi connectivity index (χ0n) is 11.6. The van der Waals surface area contributed by atoms with E-state index in [1.54, 1.807) is 4.31 Å². The number of sulfonamides is 1. The van der Waals surface area contributed by atoms with E-state index >= 15 is 0 Å². The molecule has 2 aliphatic heterocycles. The van der Waals surface area contributed by atoms with Gasteiger partial charge in [-0.05, 0) is 45.2 Å². The number of halogens is 1. The predicted octanol–water partition coefficient (Wildman–Crippen LogP) is 1.90. The quantitative estimate of drug-likeness (QED) is 0.556. The molecule has 2 saturated heterocycles. The van der Waals surface area contributed by atoms with E-state index in [4.69, 9.17) is 11.6 Å². The molecule has 2 rings (SSSR count). The maximum absolute atomic E-state index is 12.2. The highest BCUT2D eigenvalue weighted by atomic mass is 35.5. The molecule has 2 heterocycles. The van der Waals surface area contributed by atoms with Gasteiger partial charge in [0.1, 0.15) is 0 Å². The smallest absolute Gasteiger partial charge is 0.214 e. The number of alkyl halides is 1. The molecular weight excluding hydrogens is 284 g/mol. The number of likely N-dealkylation sites (tertiary alicyclic amines) is 1. The Morgan fingerprint density at radius 2 is 1.79 bits per heavy atom. The van der Waals surface area contributed by atoms with Crippen LogP contribution in [0.4, 0.5) is 0 Å². The zero-order chi connectivity index (χ0) is 13.7. The van der Waals surface area contributed by atoms with E-state index < -0.39 is 10.0 Å². The summed E-state index contributed by atoms with van der Waals surface area (Å²) in [6, 6.07) is 0.447. The van der Waals surface area contributed by atoms with Crippen LogP contribution in [0, 0.1) is 0 Å². The molecule has 0 saturated carbocycles. The van der Waals surface area contributed by atoms with Gasteiger partial charge in [-0.3, -0.25) is 4.90 Å². The third kappa shape index (κ3) is 4.31. The van der Waals surface area contributed by atoms with Gasteiger partial charge in [0.05, 0.1) is 5.75 Å². The van der Waals surface area contributed by atoms with Crippen molar-refractivity contribution in [2.24, 2.45) is 0 Å². The molecule has 1 unspecified atom stereocenters. The van der Waals surface area contributed by atoms with E-state index in [0.717, 1.165) is 25.9 Å². The Morgan fingerprint density at radius 3 is 2.47 bits per heavy atom. The van der Waals surface area contributed by atoms with Gasteiger partial charge in [0, 0.05) is 25.0 Å². The summed E-state index contributed by atoms with van der Waals surface area (Å²) in [6.45, 7) is 3.68. The van der Waals surface area contributed by atoms with E-state index in [0.29, 0.717) is 31.4 Å². The number of nitrogens with zero attached hydrogens (tertiary/aromatic N) is 2. The lowest BCUT2D eigenvalue weighted by atomic mass is 10.1. The lowest BCUT2D eigenvalue weighted by Gasteiger charge is -2.32. The van der Waals surface area contributed by atoms with Crippen molar-refractivity contribution in [1.29, 1.82) is 0 Å². The summed E-state index contributed by atoms with van der Waals surface area (Å²) in [5.41, 5.74) is 0. The first-order valence-corrected chi connectivity index (χ1v) is 9.56. The highest BCUT2D eigenvalue weighted by Crippen LogP contribution is 2.22. The second-order valence-corrected chi connectivity index (χ2v) is 8.08. The van der Waals surface area contributed by atoms with Gasteiger partial charge in [0.15, 0.2) is 0 Å². The molecule has 0 amide bonds. The summed E-state index contributed by atoms with van der Waals surface area (Å²) in [4.78, 5) is 2.48. The number of rotatable bonds is 6. The second-order valence-electron chi connectivity index (χ2n) is 5.61. The lowest BCUT2D eigenvalue weighted by Crippen LogP contribution is -2.42. The Kier molecular flexibility index (Phi) is 5.93. The first kappa shape index (κ1) is 15.5. The second kappa shape index (κ2) is 7.25. The van der Waals surface area contributed by atoms with Crippen LogP contribution in [0.15, 0.2) is 0 Å². The normalized spacial score (nSPS) is 26.9. The van der Waals surface area contributed by atoms with Gasteiger partial charge in [-0.1, -0.05) is 6.42 Å². The van der Waals surface area contributed by atoms with Crippen molar-refractivity contribution in [2.45, 2.75) is 44.6 Å². The Morgan fingerprint density at radius 1 is 1.05 bits per heavy atom. The van der Waals surface area contributed by atoms with Gasteiger partial charge in [-0.15, -0.1) is 11.6 Å². The molecule has 0 radical (unpaired) electrons. The fourth-order valence-electron chi connectivity index (χ4n) is 3.05. The predicted molar refractivity (Wildman–Crippen MR) is 79.1 cm³/mol. The molecule has 0 aliphatic carbocycles. The van der Waals surface area contributed by atoms with Crippen molar-refractivity contribution < 1.29 is 8.42 Å². The van der Waals surface area contributed by atoms with Crippen LogP contribution in [0.25, 0.3) is 0 Å². The first-order chi connectivity index (χ1) is 9.13. The van der Waals surface area contributed by atoms with Crippen LogP contribution < -0.4 is 0 Å². The monoisotopic (exact) mass is 308 g/mol. The minimum atomic E-state index is -3.06. The minimum absolute atomic E-state index is 0.256. The van der Waals surface area contributed by atoms with Crippen LogP contribution in [0.1, 0.15) is 38.5 Å². The Hall–Kier alpha value is 0.160. The SMILES string of the molecule is O=S(=O)(CCCCCl)N1CCC(N2CCCCC2)C1. The molecule has 6 heteroatoms. The van der Waals surface area contributed by atoms with Gasteiger partial charge in [-0.2, -0.15) is 0 Å². The van der Waals surface area contributed by atoms with Crippen molar-refractivity contribution in [3.63, 3.8) is 0 Å². The average Bonchev–Trinajstić information content (AvgIpc) is 2.90. The van der Waals surface area contributed by atoms with Crippen LogP contribution in [-0.2, 0) is 10.0 Å². The average molecular weight is 309 g/mol. The molecule has 0 N–H and O–H groups in total. The topological polar surface area (TPSA) is 40.6 Å². The van der Waals surface area contributed by atoms with Crippen molar-refractivity contribution in [2.75, 3.05) is 37.8 Å². The van der Waals surface area contributed by atoms with Crippen LogP contribution >= 0.6 is 11.6 Å². The maximum atomic E-state index is 12.2.